The van der Waals surface area contributed by atoms with Crippen LogP contribution in [0.3, 0.4) is 0 Å². The summed E-state index contributed by atoms with van der Waals surface area (Å²) in [4.78, 5) is 23.6. The summed E-state index contributed by atoms with van der Waals surface area (Å²) < 4.78 is 29.9. The van der Waals surface area contributed by atoms with E-state index in [0.29, 0.717) is 12.0 Å². The van der Waals surface area contributed by atoms with Gasteiger partial charge in [0, 0.05) is 6.42 Å². The second-order valence-electron chi connectivity index (χ2n) is 6.19. The SMILES string of the molecule is CC(C)C[C@H](N)C(=O)N[C@H](C(=O)O)C(Cc1ccccc1)OC(F)F. The fraction of sp³-hybridized carbons (Fsp3) is 0.529. The number of alkyl halides is 2. The van der Waals surface area contributed by atoms with Crippen molar-refractivity contribution >= 4 is 11.9 Å². The number of hydrogen-bond donors (Lipinski definition) is 3. The molecule has 0 bridgehead atoms. The molecule has 25 heavy (non-hydrogen) atoms. The second kappa shape index (κ2) is 10.0. The van der Waals surface area contributed by atoms with Gasteiger partial charge in [0.15, 0.2) is 6.04 Å². The molecule has 1 amide bonds. The summed E-state index contributed by atoms with van der Waals surface area (Å²) in [6.45, 7) is 0.552. The van der Waals surface area contributed by atoms with Crippen LogP contribution in [0.4, 0.5) is 8.78 Å². The number of nitrogens with one attached hydrogen (secondary N) is 1. The van der Waals surface area contributed by atoms with E-state index in [1.165, 1.54) is 0 Å². The van der Waals surface area contributed by atoms with Crippen molar-refractivity contribution in [1.82, 2.24) is 5.32 Å². The topological polar surface area (TPSA) is 102 Å². The first-order valence-electron chi connectivity index (χ1n) is 7.97. The summed E-state index contributed by atoms with van der Waals surface area (Å²) in [5.74, 6) is -2.05. The molecule has 3 atom stereocenters. The molecule has 1 aromatic carbocycles. The van der Waals surface area contributed by atoms with Crippen LogP contribution in [-0.2, 0) is 20.7 Å². The third kappa shape index (κ3) is 7.57. The summed E-state index contributed by atoms with van der Waals surface area (Å²) in [6.07, 6.45) is -1.19. The average molecular weight is 358 g/mol. The monoisotopic (exact) mass is 358 g/mol. The molecule has 8 heteroatoms. The van der Waals surface area contributed by atoms with Gasteiger partial charge in [-0.15, -0.1) is 0 Å². The summed E-state index contributed by atoms with van der Waals surface area (Å²) in [7, 11) is 0. The zero-order valence-electron chi connectivity index (χ0n) is 14.2. The van der Waals surface area contributed by atoms with E-state index in [-0.39, 0.29) is 12.3 Å². The van der Waals surface area contributed by atoms with E-state index in [0.717, 1.165) is 0 Å². The maximum absolute atomic E-state index is 12.7. The fourth-order valence-electron chi connectivity index (χ4n) is 2.41. The molecule has 0 aliphatic rings. The van der Waals surface area contributed by atoms with Crippen LogP contribution in [0.15, 0.2) is 30.3 Å². The number of ether oxygens (including phenoxy) is 1. The van der Waals surface area contributed by atoms with Gasteiger partial charge in [0.05, 0.1) is 12.1 Å². The zero-order valence-corrected chi connectivity index (χ0v) is 14.2. The Morgan fingerprint density at radius 3 is 2.32 bits per heavy atom. The van der Waals surface area contributed by atoms with Crippen molar-refractivity contribution in [2.45, 2.75) is 51.5 Å². The number of aliphatic carboxylic acids is 1. The number of nitrogens with two attached hydrogens (primary N) is 1. The molecule has 1 aromatic rings. The highest BCUT2D eigenvalue weighted by molar-refractivity contribution is 5.87. The van der Waals surface area contributed by atoms with Crippen molar-refractivity contribution in [2.24, 2.45) is 11.7 Å². The van der Waals surface area contributed by atoms with Gasteiger partial charge in [0.1, 0.15) is 0 Å². The van der Waals surface area contributed by atoms with Crippen LogP contribution < -0.4 is 11.1 Å². The molecule has 0 aromatic heterocycles. The molecular weight excluding hydrogens is 334 g/mol. The Morgan fingerprint density at radius 2 is 1.84 bits per heavy atom. The lowest BCUT2D eigenvalue weighted by Gasteiger charge is -2.26. The predicted octanol–water partition coefficient (Wildman–Crippen LogP) is 1.78. The third-order valence-electron chi connectivity index (χ3n) is 3.56. The van der Waals surface area contributed by atoms with Gasteiger partial charge in [-0.1, -0.05) is 44.2 Å². The fourth-order valence-corrected chi connectivity index (χ4v) is 2.41. The van der Waals surface area contributed by atoms with Crippen LogP contribution in [-0.4, -0.2) is 41.8 Å². The van der Waals surface area contributed by atoms with Crippen LogP contribution in [0.2, 0.25) is 0 Å². The Kier molecular flexibility index (Phi) is 8.44. The molecule has 0 radical (unpaired) electrons. The third-order valence-corrected chi connectivity index (χ3v) is 3.56. The van der Waals surface area contributed by atoms with Crippen molar-refractivity contribution in [1.29, 1.82) is 0 Å². The molecule has 4 N–H and O–H groups in total. The van der Waals surface area contributed by atoms with Crippen LogP contribution in [0.1, 0.15) is 25.8 Å². The standard InChI is InChI=1S/C17H24F2N2O4/c1-10(2)8-12(20)15(22)21-14(16(23)24)13(25-17(18)19)9-11-6-4-3-5-7-11/h3-7,10,12-14,17H,8-9,20H2,1-2H3,(H,21,22)(H,23,24)/t12-,13?,14-/m0/s1. The number of carboxylic acids is 1. The average Bonchev–Trinajstić information content (AvgIpc) is 2.51. The molecule has 0 aliphatic heterocycles. The smallest absolute Gasteiger partial charge is 0.345 e. The van der Waals surface area contributed by atoms with Gasteiger partial charge in [0.2, 0.25) is 5.91 Å². The molecule has 1 rings (SSSR count). The molecule has 0 heterocycles. The minimum absolute atomic E-state index is 0.0954. The van der Waals surface area contributed by atoms with Crippen molar-refractivity contribution in [2.75, 3.05) is 0 Å². The van der Waals surface area contributed by atoms with Crippen LogP contribution in [0.25, 0.3) is 0 Å². The predicted molar refractivity (Wildman–Crippen MR) is 88.0 cm³/mol. The molecule has 0 saturated heterocycles. The minimum atomic E-state index is -3.17. The Morgan fingerprint density at radius 1 is 1.24 bits per heavy atom. The Bertz CT molecular complexity index is 555. The number of amides is 1. The highest BCUT2D eigenvalue weighted by Crippen LogP contribution is 2.14. The first-order chi connectivity index (χ1) is 11.7. The van der Waals surface area contributed by atoms with Gasteiger partial charge in [-0.3, -0.25) is 4.79 Å². The van der Waals surface area contributed by atoms with Crippen molar-refractivity contribution < 1.29 is 28.2 Å². The van der Waals surface area contributed by atoms with E-state index < -0.39 is 36.7 Å². The van der Waals surface area contributed by atoms with Gasteiger partial charge >= 0.3 is 12.6 Å². The molecule has 0 spiro atoms. The van der Waals surface area contributed by atoms with Crippen LogP contribution in [0.5, 0.6) is 0 Å². The van der Waals surface area contributed by atoms with E-state index in [1.807, 2.05) is 13.8 Å². The number of benzene rings is 1. The number of carboxylic acid groups (broad SMARTS) is 1. The lowest BCUT2D eigenvalue weighted by atomic mass is 10.00. The van der Waals surface area contributed by atoms with Gasteiger partial charge in [-0.2, -0.15) is 8.78 Å². The molecule has 0 aliphatic carbocycles. The molecule has 0 saturated carbocycles. The van der Waals surface area contributed by atoms with Gasteiger partial charge < -0.3 is 20.9 Å². The first-order valence-corrected chi connectivity index (χ1v) is 7.97. The van der Waals surface area contributed by atoms with Gasteiger partial charge in [-0.05, 0) is 17.9 Å². The van der Waals surface area contributed by atoms with E-state index >= 15 is 0 Å². The lowest BCUT2D eigenvalue weighted by Crippen LogP contribution is -2.55. The summed E-state index contributed by atoms with van der Waals surface area (Å²) in [5, 5.41) is 11.6. The highest BCUT2D eigenvalue weighted by atomic mass is 19.3. The Balaban J connectivity index is 2.91. The normalized spacial score (nSPS) is 15.0. The number of hydrogen-bond acceptors (Lipinski definition) is 4. The van der Waals surface area contributed by atoms with Crippen molar-refractivity contribution in [3.05, 3.63) is 35.9 Å². The van der Waals surface area contributed by atoms with Crippen molar-refractivity contribution in [3.63, 3.8) is 0 Å². The van der Waals surface area contributed by atoms with E-state index in [9.17, 15) is 23.5 Å². The van der Waals surface area contributed by atoms with Crippen LogP contribution >= 0.6 is 0 Å². The van der Waals surface area contributed by atoms with Crippen molar-refractivity contribution in [3.8, 4) is 0 Å². The highest BCUT2D eigenvalue weighted by Gasteiger charge is 2.34. The number of carbonyl (C=O) groups excluding carboxylic acids is 1. The Labute approximate surface area is 145 Å². The quantitative estimate of drug-likeness (QED) is 0.592. The molecule has 140 valence electrons. The van der Waals surface area contributed by atoms with E-state index in [2.05, 4.69) is 10.1 Å². The van der Waals surface area contributed by atoms with Gasteiger partial charge in [0.25, 0.3) is 0 Å². The molecule has 6 nitrogen and oxygen atoms in total. The van der Waals surface area contributed by atoms with Gasteiger partial charge in [-0.25, -0.2) is 4.79 Å². The lowest BCUT2D eigenvalue weighted by molar-refractivity contribution is -0.179. The first kappa shape index (κ1) is 21.0. The number of halogens is 2. The number of carbonyl (C=O) groups is 2. The summed E-state index contributed by atoms with van der Waals surface area (Å²) in [6, 6.07) is 5.89. The molecule has 0 fully saturated rings. The van der Waals surface area contributed by atoms with E-state index in [4.69, 9.17) is 5.73 Å². The molecular formula is C17H24F2N2O4. The van der Waals surface area contributed by atoms with Crippen LogP contribution in [0, 0.1) is 5.92 Å². The summed E-state index contributed by atoms with van der Waals surface area (Å²) in [5.41, 5.74) is 6.34. The maximum Gasteiger partial charge on any atom is 0.345 e. The zero-order chi connectivity index (χ0) is 19.0. The molecule has 1 unspecified atom stereocenters. The minimum Gasteiger partial charge on any atom is -0.480 e. The largest absolute Gasteiger partial charge is 0.480 e. The number of rotatable bonds is 10. The summed E-state index contributed by atoms with van der Waals surface area (Å²) >= 11 is 0. The second-order valence-corrected chi connectivity index (χ2v) is 6.19. The van der Waals surface area contributed by atoms with E-state index in [1.54, 1.807) is 30.3 Å². The Hall–Kier alpha value is -2.06. The maximum atomic E-state index is 12.7.